The van der Waals surface area contributed by atoms with Crippen molar-refractivity contribution in [3.05, 3.63) is 53.7 Å². The molecule has 148 valence electrons. The lowest BCUT2D eigenvalue weighted by Crippen LogP contribution is -2.48. The first-order valence-electron chi connectivity index (χ1n) is 8.95. The molecule has 0 unspecified atom stereocenters. The number of rotatable bonds is 2. The quantitative estimate of drug-likeness (QED) is 0.623. The summed E-state index contributed by atoms with van der Waals surface area (Å²) in [5.41, 5.74) is 8.01. The van der Waals surface area contributed by atoms with Gasteiger partial charge >= 0.3 is 6.09 Å². The first-order chi connectivity index (χ1) is 13.5. The third kappa shape index (κ3) is 4.37. The Hall–Kier alpha value is -3.20. The second-order valence-electron chi connectivity index (χ2n) is 6.48. The molecule has 0 radical (unpaired) electrons. The number of carboxylic acid groups (broad SMARTS) is 1. The largest absolute Gasteiger partial charge is 0.465 e. The zero-order chi connectivity index (χ0) is 20.1. The number of fused-ring (bicyclic) bond motifs is 1. The topological polar surface area (TPSA) is 111 Å². The van der Waals surface area contributed by atoms with E-state index in [1.54, 1.807) is 12.1 Å². The zero-order valence-electron chi connectivity index (χ0n) is 15.6. The van der Waals surface area contributed by atoms with Gasteiger partial charge in [0, 0.05) is 38.9 Å². The van der Waals surface area contributed by atoms with E-state index in [0.29, 0.717) is 32.7 Å². The highest BCUT2D eigenvalue weighted by Crippen LogP contribution is 2.26. The third-order valence-electron chi connectivity index (χ3n) is 4.62. The molecule has 0 spiro atoms. The predicted molar refractivity (Wildman–Crippen MR) is 105 cm³/mol. The van der Waals surface area contributed by atoms with E-state index in [1.807, 2.05) is 13.1 Å². The molecule has 3 aromatic rings. The van der Waals surface area contributed by atoms with Gasteiger partial charge in [-0.05, 0) is 30.2 Å². The Kier molecular flexibility index (Phi) is 6.05. The summed E-state index contributed by atoms with van der Waals surface area (Å²) in [6.07, 6.45) is 2.60. The van der Waals surface area contributed by atoms with Crippen molar-refractivity contribution in [1.82, 2.24) is 19.9 Å². The van der Waals surface area contributed by atoms with Crippen molar-refractivity contribution in [3.8, 4) is 0 Å². The average molecular weight is 386 g/mol. The Labute approximate surface area is 161 Å². The van der Waals surface area contributed by atoms with Crippen molar-refractivity contribution in [2.24, 2.45) is 5.73 Å². The molecule has 2 aromatic heterocycles. The summed E-state index contributed by atoms with van der Waals surface area (Å²) in [5.74, 6) is 0.659. The lowest BCUT2D eigenvalue weighted by atomic mass is 10.2. The Morgan fingerprint density at radius 1 is 1.29 bits per heavy atom. The minimum atomic E-state index is -0.856. The number of nitrogens with zero attached hydrogens (tertiary/aromatic N) is 4. The highest BCUT2D eigenvalue weighted by atomic mass is 19.1. The number of aromatic nitrogens is 3. The standard InChI is InChI=1S/C12H15N5O2.C7H8FN/c1-8-6-13-10-9(8)11(15-7-14-10)16-2-4-17(5-3-16)12(18)19;8-7-3-1-2-6(4-7)5-9/h6-7H,2-5H2,1H3,(H,18,19)(H,13,14,15);1-4H,5,9H2. The van der Waals surface area contributed by atoms with Gasteiger partial charge in [0.25, 0.3) is 0 Å². The van der Waals surface area contributed by atoms with Gasteiger partial charge in [0.15, 0.2) is 0 Å². The van der Waals surface area contributed by atoms with Crippen LogP contribution in [0.1, 0.15) is 11.1 Å². The van der Waals surface area contributed by atoms with E-state index < -0.39 is 6.09 Å². The highest BCUT2D eigenvalue weighted by Gasteiger charge is 2.23. The van der Waals surface area contributed by atoms with Gasteiger partial charge in [-0.25, -0.2) is 19.2 Å². The number of anilines is 1. The number of hydrogen-bond acceptors (Lipinski definition) is 5. The maximum atomic E-state index is 12.3. The fourth-order valence-electron chi connectivity index (χ4n) is 3.11. The van der Waals surface area contributed by atoms with Gasteiger partial charge in [0.1, 0.15) is 23.6 Å². The Balaban J connectivity index is 0.000000211. The Morgan fingerprint density at radius 2 is 2.04 bits per heavy atom. The molecule has 4 N–H and O–H groups in total. The van der Waals surface area contributed by atoms with Crippen molar-refractivity contribution >= 4 is 22.9 Å². The number of piperazine rings is 1. The number of nitrogens with one attached hydrogen (secondary N) is 1. The van der Waals surface area contributed by atoms with Crippen LogP contribution in [0.2, 0.25) is 0 Å². The molecule has 1 aliphatic heterocycles. The molecule has 28 heavy (non-hydrogen) atoms. The van der Waals surface area contributed by atoms with Crippen LogP contribution in [0.4, 0.5) is 15.0 Å². The van der Waals surface area contributed by atoms with Gasteiger partial charge in [0.05, 0.1) is 5.39 Å². The second kappa shape index (κ2) is 8.66. The second-order valence-corrected chi connectivity index (χ2v) is 6.48. The summed E-state index contributed by atoms with van der Waals surface area (Å²) in [5, 5.41) is 9.97. The van der Waals surface area contributed by atoms with E-state index in [0.717, 1.165) is 28.0 Å². The van der Waals surface area contributed by atoms with E-state index in [2.05, 4.69) is 19.9 Å². The number of H-pyrrole nitrogens is 1. The number of aromatic amines is 1. The molecule has 0 aliphatic carbocycles. The summed E-state index contributed by atoms with van der Waals surface area (Å²) < 4.78 is 12.3. The summed E-state index contributed by atoms with van der Waals surface area (Å²) in [7, 11) is 0. The van der Waals surface area contributed by atoms with Crippen LogP contribution in [0.3, 0.4) is 0 Å². The van der Waals surface area contributed by atoms with Crippen LogP contribution in [-0.2, 0) is 6.54 Å². The third-order valence-corrected chi connectivity index (χ3v) is 4.62. The molecule has 0 atom stereocenters. The molecule has 1 fully saturated rings. The van der Waals surface area contributed by atoms with Crippen LogP contribution >= 0.6 is 0 Å². The molecule has 9 heteroatoms. The van der Waals surface area contributed by atoms with Gasteiger partial charge in [-0.2, -0.15) is 0 Å². The highest BCUT2D eigenvalue weighted by molar-refractivity contribution is 5.90. The molecule has 1 amide bonds. The van der Waals surface area contributed by atoms with Crippen LogP contribution in [-0.4, -0.2) is 57.2 Å². The van der Waals surface area contributed by atoms with Crippen LogP contribution in [0, 0.1) is 12.7 Å². The molecular formula is C19H23FN6O2. The maximum absolute atomic E-state index is 12.3. The van der Waals surface area contributed by atoms with Gasteiger partial charge in [-0.3, -0.25) is 0 Å². The fourth-order valence-corrected chi connectivity index (χ4v) is 3.11. The normalized spacial score (nSPS) is 14.0. The van der Waals surface area contributed by atoms with Gasteiger partial charge in [-0.1, -0.05) is 12.1 Å². The number of halogens is 1. The summed E-state index contributed by atoms with van der Waals surface area (Å²) >= 11 is 0. The first-order valence-corrected chi connectivity index (χ1v) is 8.95. The predicted octanol–water partition coefficient (Wildman–Crippen LogP) is 2.35. The number of hydrogen-bond donors (Lipinski definition) is 3. The van der Waals surface area contributed by atoms with E-state index in [4.69, 9.17) is 10.8 Å². The van der Waals surface area contributed by atoms with Crippen LogP contribution in [0.25, 0.3) is 11.0 Å². The Bertz CT molecular complexity index is 953. The first kappa shape index (κ1) is 19.6. The number of amides is 1. The van der Waals surface area contributed by atoms with Gasteiger partial charge in [0.2, 0.25) is 0 Å². The van der Waals surface area contributed by atoms with E-state index in [-0.39, 0.29) is 5.82 Å². The number of benzene rings is 1. The number of carbonyl (C=O) groups is 1. The monoisotopic (exact) mass is 386 g/mol. The number of nitrogens with two attached hydrogens (primary N) is 1. The van der Waals surface area contributed by atoms with Crippen molar-refractivity contribution < 1.29 is 14.3 Å². The van der Waals surface area contributed by atoms with Gasteiger partial charge < -0.3 is 25.6 Å². The summed E-state index contributed by atoms with van der Waals surface area (Å²) in [4.78, 5) is 26.1. The summed E-state index contributed by atoms with van der Waals surface area (Å²) in [6.45, 7) is 4.73. The maximum Gasteiger partial charge on any atom is 0.407 e. The molecule has 0 bridgehead atoms. The lowest BCUT2D eigenvalue weighted by molar-refractivity contribution is 0.142. The van der Waals surface area contributed by atoms with Crippen molar-refractivity contribution in [2.75, 3.05) is 31.1 Å². The molecule has 4 rings (SSSR count). The minimum absolute atomic E-state index is 0.224. The zero-order valence-corrected chi connectivity index (χ0v) is 15.6. The number of aryl methyl sites for hydroxylation is 1. The smallest absolute Gasteiger partial charge is 0.407 e. The molecule has 3 heterocycles. The lowest BCUT2D eigenvalue weighted by Gasteiger charge is -2.34. The molecular weight excluding hydrogens is 363 g/mol. The molecule has 1 saturated heterocycles. The summed E-state index contributed by atoms with van der Waals surface area (Å²) in [6, 6.07) is 6.28. The SMILES string of the molecule is Cc1c[nH]c2ncnc(N3CCN(C(=O)O)CC3)c12.NCc1cccc(F)c1. The van der Waals surface area contributed by atoms with Gasteiger partial charge in [-0.15, -0.1) is 0 Å². The van der Waals surface area contributed by atoms with Crippen LogP contribution in [0.5, 0.6) is 0 Å². The van der Waals surface area contributed by atoms with E-state index in [1.165, 1.54) is 23.4 Å². The fraction of sp³-hybridized carbons (Fsp3) is 0.316. The molecule has 0 saturated carbocycles. The van der Waals surface area contributed by atoms with Crippen molar-refractivity contribution in [1.29, 1.82) is 0 Å². The van der Waals surface area contributed by atoms with E-state index in [9.17, 15) is 9.18 Å². The molecule has 1 aliphatic rings. The Morgan fingerprint density at radius 3 is 2.64 bits per heavy atom. The van der Waals surface area contributed by atoms with Crippen LogP contribution in [0.15, 0.2) is 36.8 Å². The van der Waals surface area contributed by atoms with Crippen molar-refractivity contribution in [3.63, 3.8) is 0 Å². The van der Waals surface area contributed by atoms with Crippen LogP contribution < -0.4 is 10.6 Å². The molecule has 8 nitrogen and oxygen atoms in total. The van der Waals surface area contributed by atoms with E-state index >= 15 is 0 Å². The minimum Gasteiger partial charge on any atom is -0.465 e. The molecule has 1 aromatic carbocycles. The van der Waals surface area contributed by atoms with Crippen molar-refractivity contribution in [2.45, 2.75) is 13.5 Å². The average Bonchev–Trinajstić information content (AvgIpc) is 3.10.